The van der Waals surface area contributed by atoms with Gasteiger partial charge in [-0.15, -0.1) is 0 Å². The topological polar surface area (TPSA) is 12.0 Å². The molecule has 0 bridgehead atoms. The molecule has 1 atom stereocenters. The van der Waals surface area contributed by atoms with Gasteiger partial charge < -0.3 is 5.32 Å². The zero-order valence-corrected chi connectivity index (χ0v) is 13.5. The molecule has 1 nitrogen and oxygen atoms in total. The Labute approximate surface area is 132 Å². The van der Waals surface area contributed by atoms with Crippen LogP contribution in [0.3, 0.4) is 0 Å². The Balaban J connectivity index is 2.25. The molecular formula is C17H18BrF2N. The second-order valence-electron chi connectivity index (χ2n) is 4.98. The standard InChI is InChI=1S/C17H18BrF2N/c1-2-10-21-16(11-12-6-8-13(19)9-7-12)14-4-3-5-15(20)17(14)18/h3-9,16,21H,2,10-11H2,1H3. The Hall–Kier alpha value is -1.26. The van der Waals surface area contributed by atoms with Crippen LogP contribution in [0.1, 0.15) is 30.5 Å². The molecule has 0 amide bonds. The van der Waals surface area contributed by atoms with E-state index < -0.39 is 0 Å². The van der Waals surface area contributed by atoms with Gasteiger partial charge in [0.15, 0.2) is 0 Å². The van der Waals surface area contributed by atoms with Crippen molar-refractivity contribution in [3.63, 3.8) is 0 Å². The number of nitrogens with one attached hydrogen (secondary N) is 1. The lowest BCUT2D eigenvalue weighted by Gasteiger charge is -2.21. The molecule has 0 heterocycles. The molecule has 0 aliphatic carbocycles. The lowest BCUT2D eigenvalue weighted by Crippen LogP contribution is -2.24. The first-order valence-corrected chi connectivity index (χ1v) is 7.83. The molecular weight excluding hydrogens is 336 g/mol. The smallest absolute Gasteiger partial charge is 0.137 e. The maximum absolute atomic E-state index is 13.7. The summed E-state index contributed by atoms with van der Waals surface area (Å²) in [6.45, 7) is 2.93. The normalized spacial score (nSPS) is 12.4. The molecule has 21 heavy (non-hydrogen) atoms. The van der Waals surface area contributed by atoms with Crippen molar-refractivity contribution < 1.29 is 8.78 Å². The van der Waals surface area contributed by atoms with E-state index in [9.17, 15) is 8.78 Å². The maximum Gasteiger partial charge on any atom is 0.137 e. The molecule has 0 aliphatic rings. The third-order valence-corrected chi connectivity index (χ3v) is 4.19. The molecule has 1 N–H and O–H groups in total. The van der Waals surface area contributed by atoms with Gasteiger partial charge in [-0.25, -0.2) is 8.78 Å². The molecule has 0 aromatic heterocycles. The van der Waals surface area contributed by atoms with E-state index in [0.29, 0.717) is 10.9 Å². The van der Waals surface area contributed by atoms with Gasteiger partial charge in [-0.1, -0.05) is 31.2 Å². The highest BCUT2D eigenvalue weighted by Crippen LogP contribution is 2.28. The summed E-state index contributed by atoms with van der Waals surface area (Å²) in [5, 5.41) is 3.43. The highest BCUT2D eigenvalue weighted by molar-refractivity contribution is 9.10. The van der Waals surface area contributed by atoms with E-state index in [2.05, 4.69) is 28.2 Å². The number of rotatable bonds is 6. The van der Waals surface area contributed by atoms with Crippen LogP contribution in [-0.2, 0) is 6.42 Å². The van der Waals surface area contributed by atoms with E-state index in [4.69, 9.17) is 0 Å². The Kier molecular flexibility index (Phi) is 5.88. The van der Waals surface area contributed by atoms with Gasteiger partial charge in [0.25, 0.3) is 0 Å². The predicted molar refractivity (Wildman–Crippen MR) is 85.2 cm³/mol. The van der Waals surface area contributed by atoms with E-state index in [-0.39, 0.29) is 17.7 Å². The van der Waals surface area contributed by atoms with Crippen LogP contribution in [0.15, 0.2) is 46.9 Å². The minimum Gasteiger partial charge on any atom is -0.310 e. The van der Waals surface area contributed by atoms with Gasteiger partial charge in [0, 0.05) is 6.04 Å². The SMILES string of the molecule is CCCNC(Cc1ccc(F)cc1)c1cccc(F)c1Br. The van der Waals surface area contributed by atoms with Crippen LogP contribution in [0, 0.1) is 11.6 Å². The molecule has 4 heteroatoms. The average Bonchev–Trinajstić information content (AvgIpc) is 2.48. The van der Waals surface area contributed by atoms with Gasteiger partial charge in [0.2, 0.25) is 0 Å². The highest BCUT2D eigenvalue weighted by Gasteiger charge is 2.16. The Morgan fingerprint density at radius 1 is 1.10 bits per heavy atom. The van der Waals surface area contributed by atoms with Gasteiger partial charge >= 0.3 is 0 Å². The van der Waals surface area contributed by atoms with E-state index in [1.54, 1.807) is 18.2 Å². The van der Waals surface area contributed by atoms with Crippen molar-refractivity contribution in [1.82, 2.24) is 5.32 Å². The summed E-state index contributed by atoms with van der Waals surface area (Å²) in [5.41, 5.74) is 1.90. The van der Waals surface area contributed by atoms with Crippen molar-refractivity contribution in [1.29, 1.82) is 0 Å². The van der Waals surface area contributed by atoms with Crippen molar-refractivity contribution in [3.8, 4) is 0 Å². The van der Waals surface area contributed by atoms with Crippen LogP contribution in [0.4, 0.5) is 8.78 Å². The Morgan fingerprint density at radius 3 is 2.48 bits per heavy atom. The summed E-state index contributed by atoms with van der Waals surface area (Å²) in [6.07, 6.45) is 1.68. The van der Waals surface area contributed by atoms with Crippen LogP contribution < -0.4 is 5.32 Å². The number of benzene rings is 2. The summed E-state index contributed by atoms with van der Waals surface area (Å²) in [4.78, 5) is 0. The van der Waals surface area contributed by atoms with Gasteiger partial charge in [-0.3, -0.25) is 0 Å². The van der Waals surface area contributed by atoms with Crippen molar-refractivity contribution >= 4 is 15.9 Å². The van der Waals surface area contributed by atoms with Crippen molar-refractivity contribution in [2.45, 2.75) is 25.8 Å². The van der Waals surface area contributed by atoms with Crippen molar-refractivity contribution in [2.24, 2.45) is 0 Å². The van der Waals surface area contributed by atoms with Crippen molar-refractivity contribution in [2.75, 3.05) is 6.54 Å². The molecule has 112 valence electrons. The quantitative estimate of drug-likeness (QED) is 0.769. The third kappa shape index (κ3) is 4.35. The first kappa shape index (κ1) is 16.1. The lowest BCUT2D eigenvalue weighted by atomic mass is 9.98. The van der Waals surface area contributed by atoms with E-state index in [1.807, 2.05) is 6.07 Å². The second kappa shape index (κ2) is 7.66. The average molecular weight is 354 g/mol. The van der Waals surface area contributed by atoms with Gasteiger partial charge in [-0.05, 0) is 64.6 Å². The van der Waals surface area contributed by atoms with Gasteiger partial charge in [0.05, 0.1) is 4.47 Å². The Bertz CT molecular complexity index is 584. The number of halogens is 3. The van der Waals surface area contributed by atoms with Gasteiger partial charge in [0.1, 0.15) is 11.6 Å². The fourth-order valence-corrected chi connectivity index (χ4v) is 2.80. The largest absolute Gasteiger partial charge is 0.310 e. The molecule has 0 fully saturated rings. The minimum absolute atomic E-state index is 0.0134. The van der Waals surface area contributed by atoms with Crippen LogP contribution >= 0.6 is 15.9 Å². The van der Waals surface area contributed by atoms with Crippen LogP contribution in [-0.4, -0.2) is 6.54 Å². The summed E-state index contributed by atoms with van der Waals surface area (Å²) in [6, 6.07) is 11.5. The van der Waals surface area contributed by atoms with Crippen molar-refractivity contribution in [3.05, 3.63) is 69.7 Å². The third-order valence-electron chi connectivity index (χ3n) is 3.35. The second-order valence-corrected chi connectivity index (χ2v) is 5.77. The van der Waals surface area contributed by atoms with Crippen LogP contribution in [0.2, 0.25) is 0 Å². The molecule has 2 aromatic carbocycles. The Morgan fingerprint density at radius 2 is 1.81 bits per heavy atom. The number of hydrogen-bond donors (Lipinski definition) is 1. The van der Waals surface area contributed by atoms with E-state index >= 15 is 0 Å². The molecule has 2 rings (SSSR count). The maximum atomic E-state index is 13.7. The summed E-state index contributed by atoms with van der Waals surface area (Å²) in [5.74, 6) is -0.515. The first-order chi connectivity index (χ1) is 10.1. The fraction of sp³-hybridized carbons (Fsp3) is 0.294. The monoisotopic (exact) mass is 353 g/mol. The molecule has 2 aromatic rings. The van der Waals surface area contributed by atoms with E-state index in [0.717, 1.165) is 24.1 Å². The molecule has 0 aliphatic heterocycles. The summed E-state index contributed by atoms with van der Waals surface area (Å²) >= 11 is 3.32. The fourth-order valence-electron chi connectivity index (χ4n) is 2.26. The van der Waals surface area contributed by atoms with Crippen LogP contribution in [0.5, 0.6) is 0 Å². The van der Waals surface area contributed by atoms with E-state index in [1.165, 1.54) is 18.2 Å². The van der Waals surface area contributed by atoms with Gasteiger partial charge in [-0.2, -0.15) is 0 Å². The first-order valence-electron chi connectivity index (χ1n) is 7.03. The summed E-state index contributed by atoms with van der Waals surface area (Å²) in [7, 11) is 0. The van der Waals surface area contributed by atoms with Crippen LogP contribution in [0.25, 0.3) is 0 Å². The molecule has 0 saturated heterocycles. The molecule has 1 unspecified atom stereocenters. The number of hydrogen-bond acceptors (Lipinski definition) is 1. The molecule has 0 radical (unpaired) electrons. The molecule has 0 saturated carbocycles. The predicted octanol–water partition coefficient (Wildman–Crippen LogP) is 5.01. The lowest BCUT2D eigenvalue weighted by molar-refractivity contribution is 0.520. The summed E-state index contributed by atoms with van der Waals surface area (Å²) < 4.78 is 27.2. The highest BCUT2D eigenvalue weighted by atomic mass is 79.9. The minimum atomic E-state index is -0.269. The molecule has 0 spiro atoms. The zero-order valence-electron chi connectivity index (χ0n) is 11.9. The zero-order chi connectivity index (χ0) is 15.2.